The van der Waals surface area contributed by atoms with Gasteiger partial charge >= 0.3 is 5.97 Å². The van der Waals surface area contributed by atoms with Crippen LogP contribution in [0.15, 0.2) is 18.2 Å². The number of anilines is 1. The van der Waals surface area contributed by atoms with Crippen LogP contribution < -0.4 is 10.1 Å². The van der Waals surface area contributed by atoms with Gasteiger partial charge in [-0.15, -0.1) is 0 Å². The van der Waals surface area contributed by atoms with E-state index in [0.717, 1.165) is 5.56 Å². The molecule has 7 heteroatoms. The minimum Gasteiger partial charge on any atom is -0.482 e. The summed E-state index contributed by atoms with van der Waals surface area (Å²) in [6.45, 7) is 4.32. The zero-order chi connectivity index (χ0) is 17.0. The van der Waals surface area contributed by atoms with Gasteiger partial charge in [-0.1, -0.05) is 0 Å². The summed E-state index contributed by atoms with van der Waals surface area (Å²) in [5, 5.41) is 11.4. The van der Waals surface area contributed by atoms with E-state index in [4.69, 9.17) is 9.84 Å². The van der Waals surface area contributed by atoms with Crippen molar-refractivity contribution in [1.29, 1.82) is 0 Å². The zero-order valence-corrected chi connectivity index (χ0v) is 13.2. The van der Waals surface area contributed by atoms with Crippen LogP contribution in [0.5, 0.6) is 5.75 Å². The maximum absolute atomic E-state index is 12.3. The maximum atomic E-state index is 12.3. The molecule has 1 atom stereocenters. The van der Waals surface area contributed by atoms with Gasteiger partial charge in [0.05, 0.1) is 5.92 Å². The molecule has 0 radical (unpaired) electrons. The predicted molar refractivity (Wildman–Crippen MR) is 83.3 cm³/mol. The van der Waals surface area contributed by atoms with Crippen molar-refractivity contribution >= 4 is 23.5 Å². The third-order valence-electron chi connectivity index (χ3n) is 3.79. The number of aryl methyl sites for hydroxylation is 1. The van der Waals surface area contributed by atoms with E-state index in [1.807, 2.05) is 6.92 Å². The molecule has 0 saturated carbocycles. The molecule has 2 amide bonds. The van der Waals surface area contributed by atoms with E-state index >= 15 is 0 Å². The van der Waals surface area contributed by atoms with Gasteiger partial charge in [0.15, 0.2) is 6.61 Å². The summed E-state index contributed by atoms with van der Waals surface area (Å²) in [5.74, 6) is -1.15. The Bertz CT molecular complexity index is 629. The number of likely N-dealkylation sites (tertiary alicyclic amines) is 1. The minimum absolute atomic E-state index is 0.00166. The number of nitrogens with one attached hydrogen (secondary N) is 1. The van der Waals surface area contributed by atoms with Crippen LogP contribution in [0.25, 0.3) is 0 Å². The summed E-state index contributed by atoms with van der Waals surface area (Å²) < 4.78 is 5.09. The lowest BCUT2D eigenvalue weighted by Crippen LogP contribution is -2.28. The molecule has 0 aliphatic carbocycles. The fourth-order valence-electron chi connectivity index (χ4n) is 2.50. The molecule has 7 nitrogen and oxygen atoms in total. The highest BCUT2D eigenvalue weighted by Crippen LogP contribution is 2.24. The monoisotopic (exact) mass is 320 g/mol. The Morgan fingerprint density at radius 2 is 2.17 bits per heavy atom. The molecule has 1 heterocycles. The van der Waals surface area contributed by atoms with Gasteiger partial charge in [-0.25, -0.2) is 4.79 Å². The molecule has 2 rings (SSSR count). The molecule has 2 N–H and O–H groups in total. The molecule has 1 aromatic rings. The SMILES string of the molecule is CCN1CC(C(=O)Nc2ccc(OCC(=O)O)cc2C)CC1=O. The first-order valence-electron chi connectivity index (χ1n) is 7.44. The van der Waals surface area contributed by atoms with Crippen molar-refractivity contribution in [3.8, 4) is 5.75 Å². The van der Waals surface area contributed by atoms with E-state index in [1.54, 1.807) is 30.0 Å². The van der Waals surface area contributed by atoms with Crippen molar-refractivity contribution in [3.05, 3.63) is 23.8 Å². The highest BCUT2D eigenvalue weighted by molar-refractivity contribution is 5.97. The summed E-state index contributed by atoms with van der Waals surface area (Å²) in [5.41, 5.74) is 1.39. The Kier molecular flexibility index (Phi) is 5.20. The number of hydrogen-bond acceptors (Lipinski definition) is 4. The quantitative estimate of drug-likeness (QED) is 0.823. The number of rotatable bonds is 6. The average molecular weight is 320 g/mol. The zero-order valence-electron chi connectivity index (χ0n) is 13.2. The third-order valence-corrected chi connectivity index (χ3v) is 3.79. The number of amides is 2. The second-order valence-electron chi connectivity index (χ2n) is 5.48. The molecule has 1 aliphatic heterocycles. The second-order valence-corrected chi connectivity index (χ2v) is 5.48. The highest BCUT2D eigenvalue weighted by atomic mass is 16.5. The predicted octanol–water partition coefficient (Wildman–Crippen LogP) is 1.27. The average Bonchev–Trinajstić information content (AvgIpc) is 2.88. The number of carboxylic acid groups (broad SMARTS) is 1. The van der Waals surface area contributed by atoms with Crippen LogP contribution in [-0.4, -0.2) is 47.5 Å². The van der Waals surface area contributed by atoms with Gasteiger partial charge in [0, 0.05) is 25.2 Å². The number of carbonyl (C=O) groups excluding carboxylic acids is 2. The van der Waals surface area contributed by atoms with E-state index < -0.39 is 12.6 Å². The third kappa shape index (κ3) is 4.21. The van der Waals surface area contributed by atoms with Gasteiger partial charge in [0.2, 0.25) is 11.8 Å². The molecule has 1 aliphatic rings. The van der Waals surface area contributed by atoms with Crippen molar-refractivity contribution in [3.63, 3.8) is 0 Å². The lowest BCUT2D eigenvalue weighted by molar-refractivity contribution is -0.139. The first kappa shape index (κ1) is 16.8. The summed E-state index contributed by atoms with van der Waals surface area (Å²) >= 11 is 0. The minimum atomic E-state index is -1.05. The number of ether oxygens (including phenoxy) is 1. The lowest BCUT2D eigenvalue weighted by atomic mass is 10.1. The molecule has 1 fully saturated rings. The number of nitrogens with zero attached hydrogens (tertiary/aromatic N) is 1. The van der Waals surface area contributed by atoms with E-state index in [2.05, 4.69) is 5.32 Å². The Morgan fingerprint density at radius 3 is 2.74 bits per heavy atom. The van der Waals surface area contributed by atoms with Crippen LogP contribution in [0.2, 0.25) is 0 Å². The van der Waals surface area contributed by atoms with E-state index in [1.165, 1.54) is 0 Å². The molecule has 0 aromatic heterocycles. The molecule has 1 unspecified atom stereocenters. The number of aliphatic carboxylic acids is 1. The second kappa shape index (κ2) is 7.13. The molecule has 1 aromatic carbocycles. The normalized spacial score (nSPS) is 17.2. The molecular weight excluding hydrogens is 300 g/mol. The summed E-state index contributed by atoms with van der Waals surface area (Å²) in [6, 6.07) is 4.93. The highest BCUT2D eigenvalue weighted by Gasteiger charge is 2.33. The van der Waals surface area contributed by atoms with Crippen LogP contribution >= 0.6 is 0 Å². The molecular formula is C16H20N2O5. The van der Waals surface area contributed by atoms with E-state index in [0.29, 0.717) is 24.5 Å². The van der Waals surface area contributed by atoms with Crippen LogP contribution in [-0.2, 0) is 14.4 Å². The fraction of sp³-hybridized carbons (Fsp3) is 0.438. The van der Waals surface area contributed by atoms with Crippen molar-refractivity contribution in [1.82, 2.24) is 4.90 Å². The topological polar surface area (TPSA) is 95.9 Å². The molecule has 23 heavy (non-hydrogen) atoms. The molecule has 1 saturated heterocycles. The van der Waals surface area contributed by atoms with Gasteiger partial charge in [0.25, 0.3) is 0 Å². The van der Waals surface area contributed by atoms with Crippen LogP contribution in [0.4, 0.5) is 5.69 Å². The summed E-state index contributed by atoms with van der Waals surface area (Å²) in [7, 11) is 0. The smallest absolute Gasteiger partial charge is 0.341 e. The lowest BCUT2D eigenvalue weighted by Gasteiger charge is -2.15. The Balaban J connectivity index is 1.99. The summed E-state index contributed by atoms with van der Waals surface area (Å²) in [4.78, 5) is 36.1. The van der Waals surface area contributed by atoms with Crippen molar-refractivity contribution in [2.75, 3.05) is 25.0 Å². The summed E-state index contributed by atoms with van der Waals surface area (Å²) in [6.07, 6.45) is 0.235. The maximum Gasteiger partial charge on any atom is 0.341 e. The van der Waals surface area contributed by atoms with Gasteiger partial charge in [-0.05, 0) is 37.6 Å². The number of hydrogen-bond donors (Lipinski definition) is 2. The number of carboxylic acids is 1. The Labute approximate surface area is 134 Å². The first-order chi connectivity index (χ1) is 10.9. The van der Waals surface area contributed by atoms with Gasteiger partial charge in [0.1, 0.15) is 5.75 Å². The Hall–Kier alpha value is -2.57. The van der Waals surface area contributed by atoms with E-state index in [-0.39, 0.29) is 24.2 Å². The standard InChI is InChI=1S/C16H20N2O5/c1-3-18-8-11(7-14(18)19)16(22)17-13-5-4-12(6-10(13)2)23-9-15(20)21/h4-6,11H,3,7-9H2,1-2H3,(H,17,22)(H,20,21). The van der Waals surface area contributed by atoms with Crippen molar-refractivity contribution in [2.24, 2.45) is 5.92 Å². The van der Waals surface area contributed by atoms with Crippen molar-refractivity contribution in [2.45, 2.75) is 20.3 Å². The van der Waals surface area contributed by atoms with Crippen LogP contribution in [0, 0.1) is 12.8 Å². The van der Waals surface area contributed by atoms with Crippen LogP contribution in [0.3, 0.4) is 0 Å². The first-order valence-corrected chi connectivity index (χ1v) is 7.44. The van der Waals surface area contributed by atoms with Gasteiger partial charge in [-0.3, -0.25) is 9.59 Å². The number of carbonyl (C=O) groups is 3. The van der Waals surface area contributed by atoms with E-state index in [9.17, 15) is 14.4 Å². The van der Waals surface area contributed by atoms with Gasteiger partial charge < -0.3 is 20.1 Å². The van der Waals surface area contributed by atoms with Crippen LogP contribution in [0.1, 0.15) is 18.9 Å². The fourth-order valence-corrected chi connectivity index (χ4v) is 2.50. The number of benzene rings is 1. The van der Waals surface area contributed by atoms with Crippen molar-refractivity contribution < 1.29 is 24.2 Å². The largest absolute Gasteiger partial charge is 0.482 e. The van der Waals surface area contributed by atoms with Gasteiger partial charge in [-0.2, -0.15) is 0 Å². The molecule has 124 valence electrons. The Morgan fingerprint density at radius 1 is 1.43 bits per heavy atom. The molecule has 0 spiro atoms. The molecule has 0 bridgehead atoms.